The molecule has 0 saturated heterocycles. The number of nitrogens with zero attached hydrogens (tertiary/aromatic N) is 4. The number of carbonyl (C=O) groups excluding carboxylic acids is 1. The van der Waals surface area contributed by atoms with Crippen molar-refractivity contribution in [3.05, 3.63) is 83.3 Å². The van der Waals surface area contributed by atoms with E-state index >= 15 is 0 Å². The van der Waals surface area contributed by atoms with Crippen LogP contribution in [0.5, 0.6) is 0 Å². The van der Waals surface area contributed by atoms with E-state index in [9.17, 15) is 23.1 Å². The number of anilines is 3. The summed E-state index contributed by atoms with van der Waals surface area (Å²) in [5.74, 6) is -0.378. The van der Waals surface area contributed by atoms with E-state index in [0.717, 1.165) is 11.8 Å². The Bertz CT molecular complexity index is 1380. The lowest BCUT2D eigenvalue weighted by atomic mass is 10.1. The van der Waals surface area contributed by atoms with Crippen molar-refractivity contribution in [3.8, 4) is 11.3 Å². The summed E-state index contributed by atoms with van der Waals surface area (Å²) in [6.45, 7) is 4.03. The number of halogens is 3. The molecule has 36 heavy (non-hydrogen) atoms. The topological polar surface area (TPSA) is 105 Å². The summed E-state index contributed by atoms with van der Waals surface area (Å²) >= 11 is 0. The quantitative estimate of drug-likeness (QED) is 0.326. The van der Waals surface area contributed by atoms with E-state index in [0.29, 0.717) is 29.0 Å². The van der Waals surface area contributed by atoms with Gasteiger partial charge in [-0.15, -0.1) is 0 Å². The molecule has 0 aliphatic heterocycles. The fraction of sp³-hybridized carbons (Fsp3) is 0.200. The van der Waals surface area contributed by atoms with Crippen molar-refractivity contribution in [3.63, 3.8) is 0 Å². The second-order valence-electron chi connectivity index (χ2n) is 8.00. The summed E-state index contributed by atoms with van der Waals surface area (Å²) in [5.41, 5.74) is 1.95. The minimum absolute atomic E-state index is 0.0316. The van der Waals surface area contributed by atoms with Gasteiger partial charge in [0.25, 0.3) is 5.91 Å². The van der Waals surface area contributed by atoms with Gasteiger partial charge in [-0.25, -0.2) is 9.97 Å². The van der Waals surface area contributed by atoms with Gasteiger partial charge in [0.05, 0.1) is 18.5 Å². The van der Waals surface area contributed by atoms with Crippen LogP contribution in [0.15, 0.2) is 61.1 Å². The smallest absolute Gasteiger partial charge is 0.392 e. The van der Waals surface area contributed by atoms with Crippen LogP contribution in [0.4, 0.5) is 30.5 Å². The molecule has 0 atom stereocenters. The van der Waals surface area contributed by atoms with Crippen molar-refractivity contribution in [1.82, 2.24) is 19.7 Å². The molecule has 11 heteroatoms. The molecular weight excluding hydrogens is 473 g/mol. The monoisotopic (exact) mass is 496 g/mol. The summed E-state index contributed by atoms with van der Waals surface area (Å²) in [6, 6.07) is 11.6. The zero-order valence-electron chi connectivity index (χ0n) is 19.5. The largest absolute Gasteiger partial charge is 0.419 e. The summed E-state index contributed by atoms with van der Waals surface area (Å²) in [5, 5.41) is 19.0. The van der Waals surface area contributed by atoms with Crippen molar-refractivity contribution >= 4 is 23.2 Å². The Hall–Kier alpha value is -4.25. The van der Waals surface area contributed by atoms with Crippen LogP contribution >= 0.6 is 0 Å². The van der Waals surface area contributed by atoms with E-state index < -0.39 is 11.7 Å². The first-order chi connectivity index (χ1) is 17.2. The number of aryl methyl sites for hydroxylation is 2. The van der Waals surface area contributed by atoms with Crippen LogP contribution in [-0.2, 0) is 19.3 Å². The molecule has 0 unspecified atom stereocenters. The maximum Gasteiger partial charge on any atom is 0.419 e. The minimum atomic E-state index is -4.63. The highest BCUT2D eigenvalue weighted by Crippen LogP contribution is 2.36. The number of aromatic nitrogens is 4. The molecule has 0 fully saturated rings. The van der Waals surface area contributed by atoms with E-state index in [-0.39, 0.29) is 29.7 Å². The molecule has 4 rings (SSSR count). The number of alkyl halides is 3. The number of carbonyl (C=O) groups is 1. The Balaban J connectivity index is 1.54. The van der Waals surface area contributed by atoms with Gasteiger partial charge in [0, 0.05) is 41.4 Å². The molecule has 3 N–H and O–H groups in total. The fourth-order valence-electron chi connectivity index (χ4n) is 3.46. The number of nitrogens with one attached hydrogen (secondary N) is 2. The lowest BCUT2D eigenvalue weighted by Crippen LogP contribution is -2.13. The van der Waals surface area contributed by atoms with Gasteiger partial charge in [0.2, 0.25) is 5.95 Å². The first-order valence-electron chi connectivity index (χ1n) is 11.0. The van der Waals surface area contributed by atoms with Gasteiger partial charge in [-0.1, -0.05) is 12.1 Å². The van der Waals surface area contributed by atoms with Crippen LogP contribution in [0.3, 0.4) is 0 Å². The second kappa shape index (κ2) is 10.2. The van der Waals surface area contributed by atoms with Crippen molar-refractivity contribution in [2.24, 2.45) is 0 Å². The van der Waals surface area contributed by atoms with Crippen molar-refractivity contribution in [1.29, 1.82) is 0 Å². The van der Waals surface area contributed by atoms with Gasteiger partial charge < -0.3 is 15.7 Å². The molecule has 0 bridgehead atoms. The van der Waals surface area contributed by atoms with E-state index in [1.165, 1.54) is 17.1 Å². The van der Waals surface area contributed by atoms with Crippen LogP contribution in [0.1, 0.15) is 34.0 Å². The molecule has 1 amide bonds. The molecule has 2 heterocycles. The summed E-state index contributed by atoms with van der Waals surface area (Å²) in [6.07, 6.45) is -1.08. The average Bonchev–Trinajstić information content (AvgIpc) is 3.34. The van der Waals surface area contributed by atoms with Crippen LogP contribution in [0, 0.1) is 6.92 Å². The first-order valence-corrected chi connectivity index (χ1v) is 11.0. The SMILES string of the molecule is CCn1cc(-c2nc(Nc3ccc(C(=O)Nc4cc(CO)ccc4C)cc3)ncc2C(F)(F)F)cn1. The zero-order valence-corrected chi connectivity index (χ0v) is 19.5. The van der Waals surface area contributed by atoms with E-state index in [2.05, 4.69) is 25.7 Å². The minimum Gasteiger partial charge on any atom is -0.392 e. The second-order valence-corrected chi connectivity index (χ2v) is 8.00. The Morgan fingerprint density at radius 1 is 1.11 bits per heavy atom. The number of amides is 1. The van der Waals surface area contributed by atoms with Crippen molar-refractivity contribution < 1.29 is 23.1 Å². The number of hydrogen-bond donors (Lipinski definition) is 3. The highest BCUT2D eigenvalue weighted by molar-refractivity contribution is 6.04. The highest BCUT2D eigenvalue weighted by Gasteiger charge is 2.35. The molecule has 2 aromatic heterocycles. The maximum atomic E-state index is 13.5. The van der Waals surface area contributed by atoms with E-state index in [4.69, 9.17) is 0 Å². The van der Waals surface area contributed by atoms with E-state index in [1.807, 2.05) is 13.8 Å². The standard InChI is InChI=1S/C25H23F3N6O2/c1-3-34-13-18(11-30-34)22-20(25(26,27)28)12-29-24(33-22)31-19-8-6-17(7-9-19)23(36)32-21-10-16(14-35)5-4-15(21)2/h4-13,35H,3,14H2,1-2H3,(H,32,36)(H,29,31,33). The number of rotatable bonds is 7. The molecule has 0 aliphatic rings. The van der Waals surface area contributed by atoms with Gasteiger partial charge in [0.15, 0.2) is 0 Å². The third-order valence-electron chi connectivity index (χ3n) is 5.46. The molecule has 0 radical (unpaired) electrons. The normalized spacial score (nSPS) is 11.4. The van der Waals surface area contributed by atoms with Crippen LogP contribution < -0.4 is 10.6 Å². The third kappa shape index (κ3) is 5.52. The molecule has 0 saturated carbocycles. The maximum absolute atomic E-state index is 13.5. The molecular formula is C25H23F3N6O2. The Morgan fingerprint density at radius 2 is 1.86 bits per heavy atom. The van der Waals surface area contributed by atoms with Gasteiger partial charge in [0.1, 0.15) is 5.56 Å². The van der Waals surface area contributed by atoms with Crippen molar-refractivity contribution in [2.45, 2.75) is 33.2 Å². The molecule has 186 valence electrons. The lowest BCUT2D eigenvalue weighted by molar-refractivity contribution is -0.137. The highest BCUT2D eigenvalue weighted by atomic mass is 19.4. The molecule has 8 nitrogen and oxygen atoms in total. The molecule has 4 aromatic rings. The van der Waals surface area contributed by atoms with Gasteiger partial charge in [-0.3, -0.25) is 9.48 Å². The predicted octanol–water partition coefficient (Wildman–Crippen LogP) is 5.18. The summed E-state index contributed by atoms with van der Waals surface area (Å²) in [4.78, 5) is 20.6. The summed E-state index contributed by atoms with van der Waals surface area (Å²) < 4.78 is 42.2. The van der Waals surface area contributed by atoms with Crippen molar-refractivity contribution in [2.75, 3.05) is 10.6 Å². The lowest BCUT2D eigenvalue weighted by Gasteiger charge is -2.13. The number of hydrogen-bond acceptors (Lipinski definition) is 6. The van der Waals surface area contributed by atoms with E-state index in [1.54, 1.807) is 42.5 Å². The molecule has 0 aliphatic carbocycles. The number of benzene rings is 2. The predicted molar refractivity (Wildman–Crippen MR) is 129 cm³/mol. The fourth-order valence-corrected chi connectivity index (χ4v) is 3.46. The first kappa shape index (κ1) is 24.9. The third-order valence-corrected chi connectivity index (χ3v) is 5.46. The zero-order chi connectivity index (χ0) is 25.9. The van der Waals surface area contributed by atoms with Crippen LogP contribution in [-0.4, -0.2) is 30.8 Å². The molecule has 0 spiro atoms. The van der Waals surface area contributed by atoms with Gasteiger partial charge in [-0.2, -0.15) is 18.3 Å². The Labute approximate surface area is 204 Å². The number of aliphatic hydroxyl groups is 1. The van der Waals surface area contributed by atoms with Gasteiger partial charge >= 0.3 is 6.18 Å². The molecule has 2 aromatic carbocycles. The summed E-state index contributed by atoms with van der Waals surface area (Å²) in [7, 11) is 0. The van der Waals surface area contributed by atoms with Crippen LogP contribution in [0.2, 0.25) is 0 Å². The van der Waals surface area contributed by atoms with Crippen LogP contribution in [0.25, 0.3) is 11.3 Å². The Kier molecular flexibility index (Phi) is 7.02. The van der Waals surface area contributed by atoms with Gasteiger partial charge in [-0.05, 0) is 55.3 Å². The number of aliphatic hydroxyl groups excluding tert-OH is 1. The Morgan fingerprint density at radius 3 is 2.50 bits per heavy atom. The average molecular weight is 496 g/mol.